The maximum Gasteiger partial charge on any atom is 0.288 e. The van der Waals surface area contributed by atoms with Crippen LogP contribution in [0, 0.1) is 0 Å². The fourth-order valence-corrected chi connectivity index (χ4v) is 4.23. The van der Waals surface area contributed by atoms with Gasteiger partial charge in [-0.2, -0.15) is 8.78 Å². The number of carbonyl (C=O) groups is 1. The van der Waals surface area contributed by atoms with Gasteiger partial charge in [-0.25, -0.2) is 4.98 Å². The van der Waals surface area contributed by atoms with Crippen LogP contribution in [0.4, 0.5) is 13.9 Å². The van der Waals surface area contributed by atoms with E-state index in [2.05, 4.69) is 29.0 Å². The fourth-order valence-electron chi connectivity index (χ4n) is 3.04. The monoisotopic (exact) mass is 413 g/mol. The number of alkyl halides is 2. The summed E-state index contributed by atoms with van der Waals surface area (Å²) in [6, 6.07) is 6.09. The number of benzene rings is 1. The van der Waals surface area contributed by atoms with Gasteiger partial charge in [0.2, 0.25) is 0 Å². The summed E-state index contributed by atoms with van der Waals surface area (Å²) in [7, 11) is 0. The number of hydrogen-bond acceptors (Lipinski definition) is 6. The molecule has 146 valence electrons. The standard InChI is InChI=1S/C18H21F2N3O2S2/c1-11-7-23(8-12(2)25-11)9-14-10-26-18(21-14)22-16(24)13-3-5-15(6-4-13)27-17(19)20/h3-6,10-12,17H,7-9H2,1-2H3,(H,21,22,24)/t11-,12-/m0/s1. The molecule has 2 aromatic rings. The number of ether oxygens (including phenoxy) is 1. The van der Waals surface area contributed by atoms with E-state index in [1.807, 2.05) is 5.38 Å². The Morgan fingerprint density at radius 1 is 1.33 bits per heavy atom. The minimum atomic E-state index is -2.48. The van der Waals surface area contributed by atoms with E-state index in [0.717, 1.165) is 18.8 Å². The van der Waals surface area contributed by atoms with Gasteiger partial charge in [0.1, 0.15) is 0 Å². The molecule has 1 aliphatic heterocycles. The van der Waals surface area contributed by atoms with Gasteiger partial charge in [0.05, 0.1) is 17.9 Å². The zero-order chi connectivity index (χ0) is 19.4. The van der Waals surface area contributed by atoms with Crippen molar-refractivity contribution in [2.24, 2.45) is 0 Å². The molecule has 1 aromatic carbocycles. The molecule has 27 heavy (non-hydrogen) atoms. The van der Waals surface area contributed by atoms with Gasteiger partial charge < -0.3 is 4.74 Å². The number of morpholine rings is 1. The first-order chi connectivity index (χ1) is 12.9. The maximum absolute atomic E-state index is 12.3. The number of nitrogens with one attached hydrogen (secondary N) is 1. The van der Waals surface area contributed by atoms with Crippen LogP contribution in [0.5, 0.6) is 0 Å². The number of thiazole rings is 1. The molecule has 9 heteroatoms. The van der Waals surface area contributed by atoms with Crippen molar-refractivity contribution in [3.05, 3.63) is 40.9 Å². The number of anilines is 1. The molecule has 3 rings (SSSR count). The molecule has 5 nitrogen and oxygen atoms in total. The summed E-state index contributed by atoms with van der Waals surface area (Å²) in [4.78, 5) is 19.5. The van der Waals surface area contributed by atoms with Crippen molar-refractivity contribution in [3.8, 4) is 0 Å². The molecule has 1 saturated heterocycles. The van der Waals surface area contributed by atoms with E-state index >= 15 is 0 Å². The van der Waals surface area contributed by atoms with Gasteiger partial charge >= 0.3 is 0 Å². The molecule has 0 saturated carbocycles. The molecule has 1 amide bonds. The number of nitrogens with zero attached hydrogens (tertiary/aromatic N) is 2. The van der Waals surface area contributed by atoms with Crippen LogP contribution in [0.3, 0.4) is 0 Å². The minimum absolute atomic E-state index is 0.192. The number of aromatic nitrogens is 1. The van der Waals surface area contributed by atoms with Crippen LogP contribution in [0.1, 0.15) is 29.9 Å². The molecule has 1 aliphatic rings. The molecule has 0 unspecified atom stereocenters. The highest BCUT2D eigenvalue weighted by atomic mass is 32.2. The van der Waals surface area contributed by atoms with Crippen molar-refractivity contribution >= 4 is 34.1 Å². The summed E-state index contributed by atoms with van der Waals surface area (Å²) in [5, 5.41) is 5.22. The minimum Gasteiger partial charge on any atom is -0.373 e. The van der Waals surface area contributed by atoms with Crippen LogP contribution in [0.15, 0.2) is 34.5 Å². The van der Waals surface area contributed by atoms with Gasteiger partial charge in [0.15, 0.2) is 5.13 Å². The normalized spacial score (nSPS) is 20.8. The van der Waals surface area contributed by atoms with Gasteiger partial charge in [-0.3, -0.25) is 15.0 Å². The van der Waals surface area contributed by atoms with E-state index in [1.54, 1.807) is 0 Å². The van der Waals surface area contributed by atoms with Crippen LogP contribution in [-0.4, -0.2) is 46.8 Å². The smallest absolute Gasteiger partial charge is 0.288 e. The Bertz CT molecular complexity index is 760. The summed E-state index contributed by atoms with van der Waals surface area (Å²) in [6.45, 7) is 6.53. The quantitative estimate of drug-likeness (QED) is 0.715. The molecule has 0 spiro atoms. The Kier molecular flexibility index (Phi) is 6.80. The molecule has 1 N–H and O–H groups in total. The zero-order valence-electron chi connectivity index (χ0n) is 15.0. The lowest BCUT2D eigenvalue weighted by atomic mass is 10.2. The molecule has 0 radical (unpaired) electrons. The average Bonchev–Trinajstić information content (AvgIpc) is 3.00. The van der Waals surface area contributed by atoms with Crippen LogP contribution >= 0.6 is 23.1 Å². The first-order valence-electron chi connectivity index (χ1n) is 8.57. The maximum atomic E-state index is 12.3. The third-order valence-corrected chi connectivity index (χ3v) is 5.52. The summed E-state index contributed by atoms with van der Waals surface area (Å²) in [6.07, 6.45) is 0.385. The van der Waals surface area contributed by atoms with Crippen molar-refractivity contribution in [3.63, 3.8) is 0 Å². The van der Waals surface area contributed by atoms with Gasteiger partial charge in [0, 0.05) is 35.5 Å². The summed E-state index contributed by atoms with van der Waals surface area (Å²) >= 11 is 1.82. The van der Waals surface area contributed by atoms with E-state index in [9.17, 15) is 13.6 Å². The van der Waals surface area contributed by atoms with Crippen LogP contribution in [-0.2, 0) is 11.3 Å². The SMILES string of the molecule is C[C@H]1CN(Cc2csc(NC(=O)c3ccc(SC(F)F)cc3)n2)C[C@H](C)O1. The van der Waals surface area contributed by atoms with Crippen LogP contribution < -0.4 is 5.32 Å². The molecule has 0 bridgehead atoms. The highest BCUT2D eigenvalue weighted by molar-refractivity contribution is 7.99. The zero-order valence-corrected chi connectivity index (χ0v) is 16.7. The van der Waals surface area contributed by atoms with Crippen molar-refractivity contribution in [1.29, 1.82) is 0 Å². The Morgan fingerprint density at radius 2 is 2.00 bits per heavy atom. The molecule has 1 fully saturated rings. The summed E-state index contributed by atoms with van der Waals surface area (Å²) in [5.41, 5.74) is 1.31. The van der Waals surface area contributed by atoms with Crippen molar-refractivity contribution in [1.82, 2.24) is 9.88 Å². The van der Waals surface area contributed by atoms with Gasteiger partial charge in [0.25, 0.3) is 11.7 Å². The van der Waals surface area contributed by atoms with Crippen LogP contribution in [0.2, 0.25) is 0 Å². The van der Waals surface area contributed by atoms with Gasteiger partial charge in [-0.05, 0) is 38.1 Å². The topological polar surface area (TPSA) is 54.5 Å². The van der Waals surface area contributed by atoms with E-state index in [0.29, 0.717) is 33.9 Å². The number of halogens is 2. The highest BCUT2D eigenvalue weighted by Gasteiger charge is 2.22. The second kappa shape index (κ2) is 9.09. The Hall–Kier alpha value is -1.55. The predicted molar refractivity (Wildman–Crippen MR) is 104 cm³/mol. The van der Waals surface area contributed by atoms with Crippen molar-refractivity contribution in [2.75, 3.05) is 18.4 Å². The van der Waals surface area contributed by atoms with Crippen LogP contribution in [0.25, 0.3) is 0 Å². The average molecular weight is 414 g/mol. The number of rotatable bonds is 6. The fraction of sp³-hybridized carbons (Fsp3) is 0.444. The number of hydrogen-bond donors (Lipinski definition) is 1. The Labute approximate surface area is 165 Å². The van der Waals surface area contributed by atoms with Gasteiger partial charge in [-0.15, -0.1) is 11.3 Å². The summed E-state index contributed by atoms with van der Waals surface area (Å²) in [5.74, 6) is -2.78. The van der Waals surface area contributed by atoms with E-state index in [1.165, 1.54) is 35.6 Å². The molecular formula is C18H21F2N3O2S2. The highest BCUT2D eigenvalue weighted by Crippen LogP contribution is 2.25. The number of thioether (sulfide) groups is 1. The van der Waals surface area contributed by atoms with E-state index in [-0.39, 0.29) is 18.1 Å². The third-order valence-electron chi connectivity index (χ3n) is 3.99. The lowest BCUT2D eigenvalue weighted by Crippen LogP contribution is -2.44. The first kappa shape index (κ1) is 20.2. The van der Waals surface area contributed by atoms with E-state index in [4.69, 9.17) is 4.74 Å². The number of carbonyl (C=O) groups excluding carboxylic acids is 1. The van der Waals surface area contributed by atoms with E-state index < -0.39 is 5.76 Å². The van der Waals surface area contributed by atoms with Crippen molar-refractivity contribution < 1.29 is 18.3 Å². The Morgan fingerprint density at radius 3 is 2.63 bits per heavy atom. The lowest BCUT2D eigenvalue weighted by molar-refractivity contribution is -0.0707. The van der Waals surface area contributed by atoms with Crippen molar-refractivity contribution in [2.45, 2.75) is 43.3 Å². The largest absolute Gasteiger partial charge is 0.373 e. The second-order valence-electron chi connectivity index (χ2n) is 6.45. The molecule has 2 heterocycles. The Balaban J connectivity index is 1.56. The van der Waals surface area contributed by atoms with Gasteiger partial charge in [-0.1, -0.05) is 11.8 Å². The predicted octanol–water partition coefficient (Wildman–Crippen LogP) is 4.32. The first-order valence-corrected chi connectivity index (χ1v) is 10.3. The third kappa shape index (κ3) is 5.97. The molecule has 0 aliphatic carbocycles. The number of amides is 1. The molecule has 2 atom stereocenters. The summed E-state index contributed by atoms with van der Waals surface area (Å²) < 4.78 is 30.4. The molecule has 1 aromatic heterocycles. The lowest BCUT2D eigenvalue weighted by Gasteiger charge is -2.34. The second-order valence-corrected chi connectivity index (χ2v) is 8.37. The molecular weight excluding hydrogens is 392 g/mol.